The predicted molar refractivity (Wildman–Crippen MR) is 89.6 cm³/mol. The first-order valence-corrected chi connectivity index (χ1v) is 8.84. The van der Waals surface area contributed by atoms with E-state index in [1.54, 1.807) is 11.1 Å². The van der Waals surface area contributed by atoms with Gasteiger partial charge in [-0.2, -0.15) is 0 Å². The molecule has 1 aliphatic heterocycles. The van der Waals surface area contributed by atoms with Crippen LogP contribution in [0.3, 0.4) is 0 Å². The van der Waals surface area contributed by atoms with Gasteiger partial charge in [0.15, 0.2) is 0 Å². The van der Waals surface area contributed by atoms with Gasteiger partial charge in [0.1, 0.15) is 0 Å². The highest BCUT2D eigenvalue weighted by molar-refractivity contribution is 5.34. The summed E-state index contributed by atoms with van der Waals surface area (Å²) in [6.07, 6.45) is 6.71. The van der Waals surface area contributed by atoms with Crippen molar-refractivity contribution in [2.45, 2.75) is 58.0 Å². The van der Waals surface area contributed by atoms with Crippen LogP contribution in [0.5, 0.6) is 0 Å². The van der Waals surface area contributed by atoms with Gasteiger partial charge in [-0.05, 0) is 68.8 Å². The van der Waals surface area contributed by atoms with Crippen molar-refractivity contribution in [3.63, 3.8) is 0 Å². The number of hydrogen-bond acceptors (Lipinski definition) is 2. The normalized spacial score (nSPS) is 30.7. The minimum atomic E-state index is 0.522. The second-order valence-electron chi connectivity index (χ2n) is 6.91. The van der Waals surface area contributed by atoms with Crippen molar-refractivity contribution in [2.24, 2.45) is 5.92 Å². The standard InChI is InChI=1S/C19H30N2/c1-3-20-19-17-9-5-4-8-16(17)10-11-18(19)21-13-6-7-15(2)12-14-21/h4-5,8-9,15,18-20H,3,6-7,10-14H2,1-2H3. The molecule has 0 bridgehead atoms. The van der Waals surface area contributed by atoms with E-state index in [9.17, 15) is 0 Å². The summed E-state index contributed by atoms with van der Waals surface area (Å²) in [5.74, 6) is 0.906. The molecule has 0 amide bonds. The molecule has 21 heavy (non-hydrogen) atoms. The van der Waals surface area contributed by atoms with E-state index in [0.29, 0.717) is 12.1 Å². The molecule has 0 aromatic heterocycles. The number of aryl methyl sites for hydroxylation is 1. The Morgan fingerprint density at radius 3 is 2.86 bits per heavy atom. The van der Waals surface area contributed by atoms with Crippen LogP contribution in [0, 0.1) is 5.92 Å². The Hall–Kier alpha value is -0.860. The fourth-order valence-electron chi connectivity index (χ4n) is 4.22. The fraction of sp³-hybridized carbons (Fsp3) is 0.684. The zero-order valence-electron chi connectivity index (χ0n) is 13.6. The number of rotatable bonds is 3. The number of nitrogens with zero attached hydrogens (tertiary/aromatic N) is 1. The number of likely N-dealkylation sites (N-methyl/N-ethyl adjacent to an activating group) is 1. The van der Waals surface area contributed by atoms with Crippen molar-refractivity contribution in [2.75, 3.05) is 19.6 Å². The molecular weight excluding hydrogens is 256 g/mol. The second-order valence-corrected chi connectivity index (χ2v) is 6.91. The Morgan fingerprint density at radius 2 is 2.00 bits per heavy atom. The van der Waals surface area contributed by atoms with Crippen molar-refractivity contribution >= 4 is 0 Å². The topological polar surface area (TPSA) is 15.3 Å². The lowest BCUT2D eigenvalue weighted by Crippen LogP contribution is -2.47. The lowest BCUT2D eigenvalue weighted by Gasteiger charge is -2.41. The molecule has 1 aliphatic carbocycles. The molecule has 1 aromatic rings. The molecular formula is C19H30N2. The molecule has 1 fully saturated rings. The summed E-state index contributed by atoms with van der Waals surface area (Å²) in [6, 6.07) is 10.3. The zero-order valence-corrected chi connectivity index (χ0v) is 13.6. The third kappa shape index (κ3) is 3.32. The Labute approximate surface area is 129 Å². The molecule has 3 atom stereocenters. The highest BCUT2D eigenvalue weighted by atomic mass is 15.2. The highest BCUT2D eigenvalue weighted by Crippen LogP contribution is 2.34. The smallest absolute Gasteiger partial charge is 0.0480 e. The van der Waals surface area contributed by atoms with E-state index < -0.39 is 0 Å². The van der Waals surface area contributed by atoms with Crippen LogP contribution in [0.1, 0.15) is 56.7 Å². The molecule has 2 nitrogen and oxygen atoms in total. The second kappa shape index (κ2) is 6.93. The van der Waals surface area contributed by atoms with E-state index in [-0.39, 0.29) is 0 Å². The first-order valence-electron chi connectivity index (χ1n) is 8.84. The predicted octanol–water partition coefficient (Wildman–Crippen LogP) is 3.77. The third-order valence-electron chi connectivity index (χ3n) is 5.43. The van der Waals surface area contributed by atoms with Crippen molar-refractivity contribution < 1.29 is 0 Å². The first-order chi connectivity index (χ1) is 10.3. The van der Waals surface area contributed by atoms with Gasteiger partial charge in [0, 0.05) is 12.1 Å². The Morgan fingerprint density at radius 1 is 1.14 bits per heavy atom. The van der Waals surface area contributed by atoms with E-state index in [1.165, 1.54) is 45.2 Å². The van der Waals surface area contributed by atoms with E-state index in [1.807, 2.05) is 0 Å². The summed E-state index contributed by atoms with van der Waals surface area (Å²) >= 11 is 0. The quantitative estimate of drug-likeness (QED) is 0.910. The minimum absolute atomic E-state index is 0.522. The van der Waals surface area contributed by atoms with Crippen LogP contribution in [0.2, 0.25) is 0 Å². The maximum absolute atomic E-state index is 3.78. The monoisotopic (exact) mass is 286 g/mol. The third-order valence-corrected chi connectivity index (χ3v) is 5.43. The van der Waals surface area contributed by atoms with Crippen LogP contribution in [0.25, 0.3) is 0 Å². The van der Waals surface area contributed by atoms with E-state index in [0.717, 1.165) is 12.5 Å². The van der Waals surface area contributed by atoms with Gasteiger partial charge in [-0.3, -0.25) is 4.90 Å². The van der Waals surface area contributed by atoms with Gasteiger partial charge in [0.2, 0.25) is 0 Å². The van der Waals surface area contributed by atoms with Gasteiger partial charge >= 0.3 is 0 Å². The highest BCUT2D eigenvalue weighted by Gasteiger charge is 2.33. The molecule has 0 saturated carbocycles. The lowest BCUT2D eigenvalue weighted by atomic mass is 9.83. The van der Waals surface area contributed by atoms with Crippen LogP contribution >= 0.6 is 0 Å². The van der Waals surface area contributed by atoms with Gasteiger partial charge in [-0.15, -0.1) is 0 Å². The SMILES string of the molecule is CCNC1c2ccccc2CCC1N1CCCC(C)CC1. The summed E-state index contributed by atoms with van der Waals surface area (Å²) in [7, 11) is 0. The Kier molecular flexibility index (Phi) is 4.97. The van der Waals surface area contributed by atoms with Gasteiger partial charge in [0.05, 0.1) is 0 Å². The van der Waals surface area contributed by atoms with Crippen LogP contribution in [-0.2, 0) is 6.42 Å². The average molecular weight is 286 g/mol. The molecule has 2 aliphatic rings. The van der Waals surface area contributed by atoms with E-state index in [4.69, 9.17) is 0 Å². The fourth-order valence-corrected chi connectivity index (χ4v) is 4.22. The number of fused-ring (bicyclic) bond motifs is 1. The minimum Gasteiger partial charge on any atom is -0.309 e. The molecule has 1 N–H and O–H groups in total. The van der Waals surface area contributed by atoms with Crippen molar-refractivity contribution in [3.8, 4) is 0 Å². The van der Waals surface area contributed by atoms with E-state index >= 15 is 0 Å². The Bertz CT molecular complexity index is 457. The summed E-state index contributed by atoms with van der Waals surface area (Å²) in [6.45, 7) is 8.29. The number of likely N-dealkylation sites (tertiary alicyclic amines) is 1. The largest absolute Gasteiger partial charge is 0.309 e. The van der Waals surface area contributed by atoms with Crippen LogP contribution in [0.15, 0.2) is 24.3 Å². The molecule has 0 spiro atoms. The number of hydrogen-bond donors (Lipinski definition) is 1. The molecule has 1 heterocycles. The molecule has 3 rings (SSSR count). The molecule has 1 saturated heterocycles. The molecule has 116 valence electrons. The summed E-state index contributed by atoms with van der Waals surface area (Å²) < 4.78 is 0. The molecule has 2 heteroatoms. The van der Waals surface area contributed by atoms with Gasteiger partial charge in [-0.1, -0.05) is 38.1 Å². The number of benzene rings is 1. The molecule has 1 aromatic carbocycles. The Balaban J connectivity index is 1.81. The van der Waals surface area contributed by atoms with Crippen LogP contribution in [-0.4, -0.2) is 30.6 Å². The van der Waals surface area contributed by atoms with Gasteiger partial charge < -0.3 is 5.32 Å². The summed E-state index contributed by atoms with van der Waals surface area (Å²) in [4.78, 5) is 2.78. The number of nitrogens with one attached hydrogen (secondary N) is 1. The van der Waals surface area contributed by atoms with Crippen molar-refractivity contribution in [1.29, 1.82) is 0 Å². The maximum atomic E-state index is 3.78. The first kappa shape index (κ1) is 15.1. The zero-order chi connectivity index (χ0) is 14.7. The lowest BCUT2D eigenvalue weighted by molar-refractivity contribution is 0.144. The van der Waals surface area contributed by atoms with Crippen LogP contribution in [0.4, 0.5) is 0 Å². The van der Waals surface area contributed by atoms with Crippen molar-refractivity contribution in [1.82, 2.24) is 10.2 Å². The van der Waals surface area contributed by atoms with Crippen molar-refractivity contribution in [3.05, 3.63) is 35.4 Å². The molecule has 0 radical (unpaired) electrons. The maximum Gasteiger partial charge on any atom is 0.0480 e. The van der Waals surface area contributed by atoms with E-state index in [2.05, 4.69) is 48.3 Å². The van der Waals surface area contributed by atoms with Crippen LogP contribution < -0.4 is 5.32 Å². The van der Waals surface area contributed by atoms with Gasteiger partial charge in [0.25, 0.3) is 0 Å². The summed E-state index contributed by atoms with van der Waals surface area (Å²) in [5, 5.41) is 3.78. The molecule has 3 unspecified atom stereocenters. The summed E-state index contributed by atoms with van der Waals surface area (Å²) in [5.41, 5.74) is 3.11. The average Bonchev–Trinajstić information content (AvgIpc) is 2.73. The van der Waals surface area contributed by atoms with Gasteiger partial charge in [-0.25, -0.2) is 0 Å².